The molecule has 0 radical (unpaired) electrons. The lowest BCUT2D eigenvalue weighted by molar-refractivity contribution is 0.0600. The summed E-state index contributed by atoms with van der Waals surface area (Å²) in [7, 11) is 1.38. The van der Waals surface area contributed by atoms with Crippen LogP contribution in [0.25, 0.3) is 4.85 Å². The third-order valence-corrected chi connectivity index (χ3v) is 7.76. The van der Waals surface area contributed by atoms with E-state index < -0.39 is 0 Å². The van der Waals surface area contributed by atoms with Crippen LogP contribution in [-0.4, -0.2) is 67.2 Å². The summed E-state index contributed by atoms with van der Waals surface area (Å²) in [6.45, 7) is 11.4. The molecule has 1 amide bonds. The molecule has 3 heterocycles. The van der Waals surface area contributed by atoms with Gasteiger partial charge in [-0.25, -0.2) is 14.6 Å². The van der Waals surface area contributed by atoms with Crippen LogP contribution in [0.2, 0.25) is 0 Å². The van der Waals surface area contributed by atoms with Gasteiger partial charge in [-0.15, -0.1) is 0 Å². The number of esters is 1. The molecule has 2 aliphatic heterocycles. The Balaban J connectivity index is 1.03. The predicted octanol–water partition coefficient (Wildman–Crippen LogP) is 4.86. The van der Waals surface area contributed by atoms with Crippen molar-refractivity contribution in [1.82, 2.24) is 15.2 Å². The van der Waals surface area contributed by atoms with Crippen molar-refractivity contribution in [3.05, 3.63) is 95.1 Å². The van der Waals surface area contributed by atoms with E-state index >= 15 is 0 Å². The molecule has 2 aromatic carbocycles. The number of carbonyl (C=O) groups excluding carboxylic acids is 2. The maximum Gasteiger partial charge on any atom is 0.337 e. The van der Waals surface area contributed by atoms with Gasteiger partial charge < -0.3 is 19.7 Å². The lowest BCUT2D eigenvalue weighted by atomic mass is 10.0. The fraction of sp³-hybridized carbons (Fsp3) is 0.375. The Morgan fingerprint density at radius 3 is 2.27 bits per heavy atom. The largest absolute Gasteiger partial charge is 0.489 e. The van der Waals surface area contributed by atoms with E-state index in [0.29, 0.717) is 22.7 Å². The molecule has 9 heteroatoms. The van der Waals surface area contributed by atoms with Crippen molar-refractivity contribution < 1.29 is 19.1 Å². The van der Waals surface area contributed by atoms with Gasteiger partial charge in [-0.05, 0) is 54.8 Å². The van der Waals surface area contributed by atoms with Crippen molar-refractivity contribution in [3.8, 4) is 5.75 Å². The average molecular weight is 554 g/mol. The molecule has 0 aliphatic carbocycles. The van der Waals surface area contributed by atoms with Gasteiger partial charge >= 0.3 is 5.97 Å². The van der Waals surface area contributed by atoms with E-state index in [9.17, 15) is 9.59 Å². The molecule has 41 heavy (non-hydrogen) atoms. The Kier molecular flexibility index (Phi) is 9.12. The number of piperidine rings is 2. The average Bonchev–Trinajstić information content (AvgIpc) is 3.03. The minimum Gasteiger partial charge on any atom is -0.489 e. The summed E-state index contributed by atoms with van der Waals surface area (Å²) >= 11 is 0. The third kappa shape index (κ3) is 7.41. The number of nitrogens with zero attached hydrogens (tertiary/aromatic N) is 4. The molecule has 0 unspecified atom stereocenters. The number of likely N-dealkylation sites (tertiary alicyclic amines) is 1. The molecule has 2 aliphatic rings. The van der Waals surface area contributed by atoms with Gasteiger partial charge in [0.2, 0.25) is 0 Å². The zero-order chi connectivity index (χ0) is 28.6. The molecule has 212 valence electrons. The molecule has 0 atom stereocenters. The number of methoxy groups -OCH3 is 1. The number of carbonyl (C=O) groups is 2. The first-order valence-corrected chi connectivity index (χ1v) is 14.1. The van der Waals surface area contributed by atoms with E-state index in [1.165, 1.54) is 7.11 Å². The third-order valence-electron chi connectivity index (χ3n) is 7.76. The van der Waals surface area contributed by atoms with Gasteiger partial charge in [0.15, 0.2) is 5.69 Å². The summed E-state index contributed by atoms with van der Waals surface area (Å²) in [4.78, 5) is 36.9. The molecule has 2 fully saturated rings. The van der Waals surface area contributed by atoms with Crippen LogP contribution in [-0.2, 0) is 11.3 Å². The predicted molar refractivity (Wildman–Crippen MR) is 156 cm³/mol. The van der Waals surface area contributed by atoms with E-state index in [4.69, 9.17) is 16.0 Å². The summed E-state index contributed by atoms with van der Waals surface area (Å²) in [5.74, 6) is 0.184. The topological polar surface area (TPSA) is 88.4 Å². The minimum absolute atomic E-state index is 0.103. The van der Waals surface area contributed by atoms with Gasteiger partial charge in [-0.2, -0.15) is 0 Å². The molecular formula is C32H35N5O4. The molecule has 0 bridgehead atoms. The normalized spacial score (nSPS) is 16.5. The Hall–Kier alpha value is -4.42. The van der Waals surface area contributed by atoms with Crippen LogP contribution in [0.15, 0.2) is 66.9 Å². The zero-order valence-electron chi connectivity index (χ0n) is 23.3. The molecular weight excluding hydrogens is 518 g/mol. The van der Waals surface area contributed by atoms with Crippen molar-refractivity contribution in [1.29, 1.82) is 0 Å². The number of hydrogen-bond donors (Lipinski definition) is 1. The standard InChI is InChI=1S/C32H35N5O4/c1-33-25-7-9-27(10-8-25)37-19-15-28(16-20-37)41-29-11-12-30(34-21-29)31(38)35-26-13-17-36(18-14-26)22-23-3-5-24(6-4-23)32(39)40-2/h3-12,21,26,28H,13-20,22H2,2H3,(H,35,38). The molecule has 0 saturated carbocycles. The summed E-state index contributed by atoms with van der Waals surface area (Å²) in [6, 6.07) is 18.9. The molecule has 0 spiro atoms. The number of anilines is 1. The Bertz CT molecular complexity index is 1350. The zero-order valence-corrected chi connectivity index (χ0v) is 23.3. The summed E-state index contributed by atoms with van der Waals surface area (Å²) < 4.78 is 10.9. The van der Waals surface area contributed by atoms with E-state index in [2.05, 4.69) is 24.9 Å². The number of benzene rings is 2. The first kappa shape index (κ1) is 28.1. The van der Waals surface area contributed by atoms with Gasteiger partial charge in [0.25, 0.3) is 5.91 Å². The highest BCUT2D eigenvalue weighted by molar-refractivity contribution is 5.92. The molecule has 3 aromatic rings. The minimum atomic E-state index is -0.330. The first-order chi connectivity index (χ1) is 20.0. The van der Waals surface area contributed by atoms with Crippen molar-refractivity contribution in [2.75, 3.05) is 38.2 Å². The Morgan fingerprint density at radius 1 is 0.951 bits per heavy atom. The van der Waals surface area contributed by atoms with Gasteiger partial charge in [0.05, 0.1) is 25.4 Å². The monoisotopic (exact) mass is 553 g/mol. The van der Waals surface area contributed by atoms with Crippen molar-refractivity contribution >= 4 is 23.3 Å². The number of pyridine rings is 1. The van der Waals surface area contributed by atoms with Crippen LogP contribution in [0.1, 0.15) is 52.1 Å². The second kappa shape index (κ2) is 13.3. The fourth-order valence-electron chi connectivity index (χ4n) is 5.36. The van der Waals surface area contributed by atoms with E-state index in [-0.39, 0.29) is 24.0 Å². The highest BCUT2D eigenvalue weighted by Crippen LogP contribution is 2.25. The molecule has 1 aromatic heterocycles. The van der Waals surface area contributed by atoms with Gasteiger partial charge in [-0.1, -0.05) is 24.3 Å². The number of amides is 1. The van der Waals surface area contributed by atoms with Crippen LogP contribution in [0.3, 0.4) is 0 Å². The van der Waals surface area contributed by atoms with Gasteiger partial charge in [0.1, 0.15) is 17.5 Å². The van der Waals surface area contributed by atoms with E-state index in [1.54, 1.807) is 24.4 Å². The molecule has 9 nitrogen and oxygen atoms in total. The summed E-state index contributed by atoms with van der Waals surface area (Å²) in [6.07, 6.45) is 5.27. The quantitative estimate of drug-likeness (QED) is 0.315. The summed E-state index contributed by atoms with van der Waals surface area (Å²) in [5, 5.41) is 3.13. The Labute approximate surface area is 240 Å². The van der Waals surface area contributed by atoms with Crippen molar-refractivity contribution in [2.24, 2.45) is 0 Å². The maximum atomic E-state index is 12.8. The molecule has 5 rings (SSSR count). The van der Waals surface area contributed by atoms with Crippen molar-refractivity contribution in [2.45, 2.75) is 44.4 Å². The number of aromatic nitrogens is 1. The smallest absolute Gasteiger partial charge is 0.337 e. The SMILES string of the molecule is [C-]#[N+]c1ccc(N2CCC(Oc3ccc(C(=O)NC4CCN(Cc5ccc(C(=O)OC)cc5)CC4)nc3)CC2)cc1. The second-order valence-electron chi connectivity index (χ2n) is 10.5. The van der Waals surface area contributed by atoms with Gasteiger partial charge in [-0.3, -0.25) is 9.69 Å². The maximum absolute atomic E-state index is 12.8. The lowest BCUT2D eigenvalue weighted by Crippen LogP contribution is -2.44. The molecule has 2 saturated heterocycles. The molecule has 1 N–H and O–H groups in total. The van der Waals surface area contributed by atoms with Gasteiger partial charge in [0, 0.05) is 57.3 Å². The van der Waals surface area contributed by atoms with E-state index in [0.717, 1.165) is 69.7 Å². The van der Waals surface area contributed by atoms with Crippen LogP contribution in [0.4, 0.5) is 11.4 Å². The number of rotatable bonds is 8. The number of hydrogen-bond acceptors (Lipinski definition) is 7. The first-order valence-electron chi connectivity index (χ1n) is 14.1. The Morgan fingerprint density at radius 2 is 1.66 bits per heavy atom. The fourth-order valence-corrected chi connectivity index (χ4v) is 5.36. The van der Waals surface area contributed by atoms with Crippen LogP contribution in [0, 0.1) is 6.57 Å². The number of nitrogens with one attached hydrogen (secondary N) is 1. The van der Waals surface area contributed by atoms with E-state index in [1.807, 2.05) is 42.5 Å². The number of ether oxygens (including phenoxy) is 2. The van der Waals surface area contributed by atoms with Crippen LogP contribution >= 0.6 is 0 Å². The summed E-state index contributed by atoms with van der Waals surface area (Å²) in [5.41, 5.74) is 3.87. The van der Waals surface area contributed by atoms with Crippen LogP contribution in [0.5, 0.6) is 5.75 Å². The highest BCUT2D eigenvalue weighted by Gasteiger charge is 2.23. The van der Waals surface area contributed by atoms with Crippen molar-refractivity contribution in [3.63, 3.8) is 0 Å². The second-order valence-corrected chi connectivity index (χ2v) is 10.5. The highest BCUT2D eigenvalue weighted by atomic mass is 16.5. The van der Waals surface area contributed by atoms with Crippen LogP contribution < -0.4 is 15.0 Å². The lowest BCUT2D eigenvalue weighted by Gasteiger charge is -2.33.